The van der Waals surface area contributed by atoms with Crippen molar-refractivity contribution in [2.75, 3.05) is 13.2 Å². The Balaban J connectivity index is 0.000000196. The zero-order valence-corrected chi connectivity index (χ0v) is 21.6. The highest BCUT2D eigenvalue weighted by molar-refractivity contribution is 9.10. The van der Waals surface area contributed by atoms with Gasteiger partial charge in [-0.1, -0.05) is 113 Å². The molecule has 0 saturated heterocycles. The summed E-state index contributed by atoms with van der Waals surface area (Å²) in [6.45, 7) is 2.93. The molecule has 182 valence electrons. The van der Waals surface area contributed by atoms with Gasteiger partial charge in [-0.15, -0.1) is 0 Å². The Bertz CT molecular complexity index is 1070. The summed E-state index contributed by atoms with van der Waals surface area (Å²) < 4.78 is 12.4. The second-order valence-electron chi connectivity index (χ2n) is 8.18. The van der Waals surface area contributed by atoms with E-state index in [2.05, 4.69) is 64.5 Å². The van der Waals surface area contributed by atoms with Gasteiger partial charge < -0.3 is 14.6 Å². The monoisotopic (exact) mass is 532 g/mol. The molecule has 0 unspecified atom stereocenters. The minimum absolute atomic E-state index is 0.102. The van der Waals surface area contributed by atoms with Crippen LogP contribution in [0, 0.1) is 0 Å². The fourth-order valence-corrected chi connectivity index (χ4v) is 3.64. The fraction of sp³-hybridized carbons (Fsp3) is 0.226. The minimum Gasteiger partial charge on any atom is -0.392 e. The highest BCUT2D eigenvalue weighted by atomic mass is 79.9. The Kier molecular flexibility index (Phi) is 12.3. The summed E-state index contributed by atoms with van der Waals surface area (Å²) in [5.74, 6) is 0. The first kappa shape index (κ1) is 26.8. The van der Waals surface area contributed by atoms with E-state index in [1.807, 2.05) is 60.7 Å². The molecule has 4 rings (SSSR count). The van der Waals surface area contributed by atoms with Gasteiger partial charge in [-0.3, -0.25) is 0 Å². The SMILES string of the molecule is Brc1ccc(CCOCc2ccccc2)cc1.OCc1ccc(CCOCc2ccccc2)cc1. The molecule has 0 heterocycles. The van der Waals surface area contributed by atoms with Crippen LogP contribution < -0.4 is 0 Å². The van der Waals surface area contributed by atoms with Crippen molar-refractivity contribution in [3.05, 3.63) is 141 Å². The number of rotatable bonds is 11. The van der Waals surface area contributed by atoms with Crippen molar-refractivity contribution in [2.45, 2.75) is 32.7 Å². The number of hydrogen-bond donors (Lipinski definition) is 1. The largest absolute Gasteiger partial charge is 0.392 e. The van der Waals surface area contributed by atoms with Gasteiger partial charge in [0.15, 0.2) is 0 Å². The zero-order chi connectivity index (χ0) is 24.6. The molecule has 0 aromatic heterocycles. The Morgan fingerprint density at radius 3 is 1.31 bits per heavy atom. The number of aliphatic hydroxyl groups is 1. The standard InChI is InChI=1S/C16H18O2.C15H15BrO/c17-12-15-8-6-14(7-9-15)10-11-18-13-16-4-2-1-3-5-16;16-15-8-6-13(7-9-15)10-11-17-12-14-4-2-1-3-5-14/h1-9,17H,10-13H2;1-9H,10-12H2. The fourth-order valence-electron chi connectivity index (χ4n) is 3.37. The maximum Gasteiger partial charge on any atom is 0.0717 e. The molecule has 0 amide bonds. The topological polar surface area (TPSA) is 38.7 Å². The molecular formula is C31H33BrO3. The predicted octanol–water partition coefficient (Wildman–Crippen LogP) is 7.15. The molecule has 0 atom stereocenters. The number of benzene rings is 4. The van der Waals surface area contributed by atoms with Crippen LogP contribution in [0.5, 0.6) is 0 Å². The van der Waals surface area contributed by atoms with Gasteiger partial charge in [0.1, 0.15) is 0 Å². The third-order valence-corrected chi connectivity index (χ3v) is 5.94. The molecule has 3 nitrogen and oxygen atoms in total. The average molecular weight is 534 g/mol. The third-order valence-electron chi connectivity index (χ3n) is 5.41. The van der Waals surface area contributed by atoms with E-state index in [9.17, 15) is 0 Å². The van der Waals surface area contributed by atoms with Crippen molar-refractivity contribution < 1.29 is 14.6 Å². The summed E-state index contributed by atoms with van der Waals surface area (Å²) in [5.41, 5.74) is 5.92. The van der Waals surface area contributed by atoms with E-state index in [4.69, 9.17) is 14.6 Å². The van der Waals surface area contributed by atoms with Crippen molar-refractivity contribution in [2.24, 2.45) is 0 Å². The Hall–Kier alpha value is -2.76. The van der Waals surface area contributed by atoms with Crippen LogP contribution in [0.15, 0.2) is 114 Å². The van der Waals surface area contributed by atoms with Crippen molar-refractivity contribution in [3.8, 4) is 0 Å². The lowest BCUT2D eigenvalue weighted by molar-refractivity contribution is 0.124. The highest BCUT2D eigenvalue weighted by Gasteiger charge is 1.97. The molecule has 1 N–H and O–H groups in total. The molecule has 0 aliphatic rings. The van der Waals surface area contributed by atoms with E-state index < -0.39 is 0 Å². The minimum atomic E-state index is 0.102. The van der Waals surface area contributed by atoms with Crippen LogP contribution in [0.1, 0.15) is 27.8 Å². The van der Waals surface area contributed by atoms with Crippen LogP contribution in [0.4, 0.5) is 0 Å². The summed E-state index contributed by atoms with van der Waals surface area (Å²) in [7, 11) is 0. The number of aliphatic hydroxyl groups excluding tert-OH is 1. The highest BCUT2D eigenvalue weighted by Crippen LogP contribution is 2.11. The maximum absolute atomic E-state index is 8.94. The van der Waals surface area contributed by atoms with Gasteiger partial charge in [-0.25, -0.2) is 0 Å². The van der Waals surface area contributed by atoms with Crippen LogP contribution in [0.2, 0.25) is 0 Å². The Morgan fingerprint density at radius 1 is 0.486 bits per heavy atom. The normalized spacial score (nSPS) is 10.5. The molecule has 0 saturated carbocycles. The summed E-state index contributed by atoms with van der Waals surface area (Å²) in [5, 5.41) is 8.94. The average Bonchev–Trinajstić information content (AvgIpc) is 2.92. The number of halogens is 1. The summed E-state index contributed by atoms with van der Waals surface area (Å²) >= 11 is 3.43. The third kappa shape index (κ3) is 11.0. The van der Waals surface area contributed by atoms with Crippen molar-refractivity contribution in [1.29, 1.82) is 0 Å². The van der Waals surface area contributed by atoms with Crippen molar-refractivity contribution >= 4 is 15.9 Å². The van der Waals surface area contributed by atoms with Crippen LogP contribution >= 0.6 is 15.9 Å². The van der Waals surface area contributed by atoms with E-state index in [0.29, 0.717) is 19.8 Å². The van der Waals surface area contributed by atoms with Gasteiger partial charge in [0.05, 0.1) is 33.0 Å². The molecule has 0 fully saturated rings. The Labute approximate surface area is 217 Å². The summed E-state index contributed by atoms with van der Waals surface area (Å²) in [4.78, 5) is 0. The van der Waals surface area contributed by atoms with E-state index in [0.717, 1.165) is 29.5 Å². The van der Waals surface area contributed by atoms with Gasteiger partial charge in [0, 0.05) is 4.47 Å². The van der Waals surface area contributed by atoms with Crippen molar-refractivity contribution in [3.63, 3.8) is 0 Å². The molecule has 0 spiro atoms. The second kappa shape index (κ2) is 16.0. The van der Waals surface area contributed by atoms with Crippen LogP contribution in [-0.4, -0.2) is 18.3 Å². The first-order chi connectivity index (χ1) is 17.2. The van der Waals surface area contributed by atoms with Gasteiger partial charge in [0.2, 0.25) is 0 Å². The molecule has 0 radical (unpaired) electrons. The summed E-state index contributed by atoms with van der Waals surface area (Å²) in [6, 6.07) is 36.8. The number of ether oxygens (including phenoxy) is 2. The number of hydrogen-bond acceptors (Lipinski definition) is 3. The first-order valence-corrected chi connectivity index (χ1v) is 12.7. The lowest BCUT2D eigenvalue weighted by Gasteiger charge is -2.05. The van der Waals surface area contributed by atoms with E-state index in [-0.39, 0.29) is 6.61 Å². The quantitative estimate of drug-likeness (QED) is 0.208. The lowest BCUT2D eigenvalue weighted by Crippen LogP contribution is -1.99. The molecule has 4 aromatic rings. The molecular weight excluding hydrogens is 500 g/mol. The molecule has 4 heteroatoms. The van der Waals surface area contributed by atoms with Gasteiger partial charge in [-0.2, -0.15) is 0 Å². The molecule has 0 aliphatic heterocycles. The smallest absolute Gasteiger partial charge is 0.0717 e. The van der Waals surface area contributed by atoms with Crippen LogP contribution in [-0.2, 0) is 42.1 Å². The first-order valence-electron chi connectivity index (χ1n) is 11.9. The molecule has 35 heavy (non-hydrogen) atoms. The van der Waals surface area contributed by atoms with Gasteiger partial charge in [-0.05, 0) is 52.8 Å². The van der Waals surface area contributed by atoms with E-state index in [1.165, 1.54) is 22.3 Å². The predicted molar refractivity (Wildman–Crippen MR) is 146 cm³/mol. The lowest BCUT2D eigenvalue weighted by atomic mass is 10.1. The van der Waals surface area contributed by atoms with Crippen LogP contribution in [0.3, 0.4) is 0 Å². The second-order valence-corrected chi connectivity index (χ2v) is 9.09. The van der Waals surface area contributed by atoms with Gasteiger partial charge in [0.25, 0.3) is 0 Å². The molecule has 0 bridgehead atoms. The summed E-state index contributed by atoms with van der Waals surface area (Å²) in [6.07, 6.45) is 1.86. The molecule has 0 aliphatic carbocycles. The van der Waals surface area contributed by atoms with E-state index >= 15 is 0 Å². The van der Waals surface area contributed by atoms with Crippen molar-refractivity contribution in [1.82, 2.24) is 0 Å². The molecule has 4 aromatic carbocycles. The zero-order valence-electron chi connectivity index (χ0n) is 20.0. The van der Waals surface area contributed by atoms with E-state index in [1.54, 1.807) is 0 Å². The van der Waals surface area contributed by atoms with Gasteiger partial charge >= 0.3 is 0 Å². The maximum atomic E-state index is 8.94. The van der Waals surface area contributed by atoms with Crippen LogP contribution in [0.25, 0.3) is 0 Å². The Morgan fingerprint density at radius 2 is 0.886 bits per heavy atom.